The second-order valence-corrected chi connectivity index (χ2v) is 7.47. The van der Waals surface area contributed by atoms with E-state index in [-0.39, 0.29) is 12.3 Å². The molecule has 1 aliphatic heterocycles. The van der Waals surface area contributed by atoms with Crippen LogP contribution in [0.25, 0.3) is 0 Å². The highest BCUT2D eigenvalue weighted by Crippen LogP contribution is 2.29. The van der Waals surface area contributed by atoms with Gasteiger partial charge in [0.25, 0.3) is 0 Å². The Morgan fingerprint density at radius 1 is 1.19 bits per heavy atom. The third-order valence-corrected chi connectivity index (χ3v) is 5.43. The van der Waals surface area contributed by atoms with Crippen LogP contribution in [0.4, 0.5) is 5.69 Å². The number of nitrogens with zero attached hydrogens (tertiary/aromatic N) is 2. The van der Waals surface area contributed by atoms with E-state index >= 15 is 0 Å². The van der Waals surface area contributed by atoms with Gasteiger partial charge in [-0.1, -0.05) is 53.7 Å². The fourth-order valence-corrected chi connectivity index (χ4v) is 3.78. The highest BCUT2D eigenvalue weighted by Gasteiger charge is 2.34. The van der Waals surface area contributed by atoms with Crippen molar-refractivity contribution in [1.29, 1.82) is 0 Å². The molecule has 2 N–H and O–H groups in total. The van der Waals surface area contributed by atoms with Crippen LogP contribution in [-0.2, 0) is 16.0 Å². The largest absolute Gasteiger partial charge is 0.369 e. The molecule has 0 radical (unpaired) electrons. The minimum absolute atomic E-state index is 0.0917. The molecule has 5 nitrogen and oxygen atoms in total. The Hall–Kier alpha value is -2.31. The highest BCUT2D eigenvalue weighted by molar-refractivity contribution is 8.15. The number of thioether (sulfide) groups is 1. The van der Waals surface area contributed by atoms with E-state index in [2.05, 4.69) is 4.99 Å². The Morgan fingerprint density at radius 3 is 2.54 bits per heavy atom. The van der Waals surface area contributed by atoms with Crippen LogP contribution in [0.5, 0.6) is 0 Å². The number of halogens is 1. The van der Waals surface area contributed by atoms with Crippen LogP contribution in [0, 0.1) is 0 Å². The summed E-state index contributed by atoms with van der Waals surface area (Å²) in [6.45, 7) is 0.477. The molecule has 1 aliphatic rings. The van der Waals surface area contributed by atoms with E-state index in [0.717, 1.165) is 11.3 Å². The minimum Gasteiger partial charge on any atom is -0.369 e. The number of rotatable bonds is 5. The van der Waals surface area contributed by atoms with Gasteiger partial charge >= 0.3 is 0 Å². The normalized spacial score (nSPS) is 19.0. The first-order chi connectivity index (χ1) is 12.5. The fraction of sp³-hybridized carbons (Fsp3) is 0.211. The Labute approximate surface area is 161 Å². The van der Waals surface area contributed by atoms with Crippen LogP contribution < -0.4 is 5.73 Å². The smallest absolute Gasteiger partial charge is 0.231 e. The van der Waals surface area contributed by atoms with Gasteiger partial charge in [0.2, 0.25) is 11.8 Å². The Balaban J connectivity index is 1.82. The SMILES string of the molecule is NC(=O)[C@H]1CC(=O)N(CCc2ccc(Cl)cc2)C(=Nc2ccccc2)S1. The zero-order valence-electron chi connectivity index (χ0n) is 14.0. The van der Waals surface area contributed by atoms with Crippen LogP contribution in [0.3, 0.4) is 0 Å². The molecule has 26 heavy (non-hydrogen) atoms. The predicted octanol–water partition coefficient (Wildman–Crippen LogP) is 3.39. The lowest BCUT2D eigenvalue weighted by Gasteiger charge is -2.31. The van der Waals surface area contributed by atoms with Crippen molar-refractivity contribution in [3.05, 3.63) is 65.2 Å². The Kier molecular flexibility index (Phi) is 5.96. The maximum absolute atomic E-state index is 12.6. The molecule has 7 heteroatoms. The average Bonchev–Trinajstić information content (AvgIpc) is 2.63. The number of carbonyl (C=O) groups is 2. The summed E-state index contributed by atoms with van der Waals surface area (Å²) in [7, 11) is 0. The van der Waals surface area contributed by atoms with Crippen LogP contribution in [-0.4, -0.2) is 33.7 Å². The Morgan fingerprint density at radius 2 is 1.88 bits per heavy atom. The number of para-hydroxylation sites is 1. The van der Waals surface area contributed by atoms with Crippen LogP contribution in [0.1, 0.15) is 12.0 Å². The topological polar surface area (TPSA) is 75.8 Å². The summed E-state index contributed by atoms with van der Waals surface area (Å²) in [5.41, 5.74) is 7.21. The molecule has 134 valence electrons. The predicted molar refractivity (Wildman–Crippen MR) is 106 cm³/mol. The minimum atomic E-state index is -0.586. The number of aliphatic imine (C=N–C) groups is 1. The van der Waals surface area contributed by atoms with Gasteiger partial charge in [-0.3, -0.25) is 14.5 Å². The quantitative estimate of drug-likeness (QED) is 0.854. The average molecular weight is 388 g/mol. The molecule has 2 amide bonds. The van der Waals surface area contributed by atoms with Gasteiger partial charge in [0.15, 0.2) is 5.17 Å². The molecule has 2 aromatic carbocycles. The van der Waals surface area contributed by atoms with Crippen molar-refractivity contribution in [2.45, 2.75) is 18.1 Å². The van der Waals surface area contributed by atoms with E-state index in [1.54, 1.807) is 4.90 Å². The molecule has 1 atom stereocenters. The number of benzene rings is 2. The van der Waals surface area contributed by atoms with Crippen molar-refractivity contribution in [2.24, 2.45) is 10.7 Å². The molecule has 1 heterocycles. The van der Waals surface area contributed by atoms with Crippen molar-refractivity contribution < 1.29 is 9.59 Å². The van der Waals surface area contributed by atoms with Gasteiger partial charge in [-0.15, -0.1) is 0 Å². The molecule has 0 bridgehead atoms. The molecule has 3 rings (SSSR count). The molecule has 1 fully saturated rings. The molecule has 1 saturated heterocycles. The van der Waals surface area contributed by atoms with Crippen LogP contribution >= 0.6 is 23.4 Å². The molecule has 0 aliphatic carbocycles. The zero-order chi connectivity index (χ0) is 18.5. The van der Waals surface area contributed by atoms with Crippen molar-refractivity contribution in [3.8, 4) is 0 Å². The van der Waals surface area contributed by atoms with E-state index in [1.807, 2.05) is 54.6 Å². The number of hydrogen-bond donors (Lipinski definition) is 1. The number of hydrogen-bond acceptors (Lipinski definition) is 4. The fourth-order valence-electron chi connectivity index (χ4n) is 2.58. The van der Waals surface area contributed by atoms with Gasteiger partial charge in [-0.25, -0.2) is 4.99 Å². The first-order valence-corrected chi connectivity index (χ1v) is 9.43. The van der Waals surface area contributed by atoms with E-state index in [4.69, 9.17) is 17.3 Å². The summed E-state index contributed by atoms with van der Waals surface area (Å²) < 4.78 is 0. The molecular formula is C19H18ClN3O2S. The molecule has 2 aromatic rings. The molecule has 0 spiro atoms. The summed E-state index contributed by atoms with van der Waals surface area (Å²) >= 11 is 7.16. The summed E-state index contributed by atoms with van der Waals surface area (Å²) in [6.07, 6.45) is 0.757. The monoisotopic (exact) mass is 387 g/mol. The number of amidine groups is 1. The molecular weight excluding hydrogens is 370 g/mol. The second kappa shape index (κ2) is 8.38. The van der Waals surface area contributed by atoms with Crippen molar-refractivity contribution in [1.82, 2.24) is 4.90 Å². The summed E-state index contributed by atoms with van der Waals surface area (Å²) in [5.74, 6) is -0.641. The Bertz CT molecular complexity index is 824. The number of carbonyl (C=O) groups excluding carboxylic acids is 2. The first kappa shape index (κ1) is 18.5. The van der Waals surface area contributed by atoms with Crippen LogP contribution in [0.15, 0.2) is 59.6 Å². The van der Waals surface area contributed by atoms with Gasteiger partial charge in [0, 0.05) is 18.0 Å². The zero-order valence-corrected chi connectivity index (χ0v) is 15.5. The molecule has 0 unspecified atom stereocenters. The first-order valence-electron chi connectivity index (χ1n) is 8.17. The van der Waals surface area contributed by atoms with E-state index in [9.17, 15) is 9.59 Å². The summed E-state index contributed by atoms with van der Waals surface area (Å²) in [4.78, 5) is 30.4. The lowest BCUT2D eigenvalue weighted by Crippen LogP contribution is -2.46. The van der Waals surface area contributed by atoms with Crippen molar-refractivity contribution >= 4 is 46.0 Å². The van der Waals surface area contributed by atoms with Gasteiger partial charge in [-0.2, -0.15) is 0 Å². The van der Waals surface area contributed by atoms with E-state index in [0.29, 0.717) is 23.2 Å². The van der Waals surface area contributed by atoms with Gasteiger partial charge < -0.3 is 5.73 Å². The maximum atomic E-state index is 12.6. The lowest BCUT2D eigenvalue weighted by atomic mass is 10.1. The summed E-state index contributed by atoms with van der Waals surface area (Å²) in [6, 6.07) is 16.9. The standard InChI is InChI=1S/C19H18ClN3O2S/c20-14-8-6-13(7-9-14)10-11-23-17(24)12-16(18(21)25)26-19(23)22-15-4-2-1-3-5-15/h1-9,16H,10-12H2,(H2,21,25)/t16-/m1/s1. The number of primary amides is 1. The molecule has 0 saturated carbocycles. The van der Waals surface area contributed by atoms with Crippen molar-refractivity contribution in [3.63, 3.8) is 0 Å². The third kappa shape index (κ3) is 4.65. The number of nitrogens with two attached hydrogens (primary N) is 1. The van der Waals surface area contributed by atoms with Crippen molar-refractivity contribution in [2.75, 3.05) is 6.54 Å². The van der Waals surface area contributed by atoms with Crippen LogP contribution in [0.2, 0.25) is 5.02 Å². The third-order valence-electron chi connectivity index (χ3n) is 3.98. The van der Waals surface area contributed by atoms with E-state index < -0.39 is 11.2 Å². The van der Waals surface area contributed by atoms with E-state index in [1.165, 1.54) is 11.8 Å². The van der Waals surface area contributed by atoms with Gasteiger partial charge in [0.05, 0.1) is 10.9 Å². The lowest BCUT2D eigenvalue weighted by molar-refractivity contribution is -0.129. The maximum Gasteiger partial charge on any atom is 0.231 e. The second-order valence-electron chi connectivity index (χ2n) is 5.86. The van der Waals surface area contributed by atoms with Gasteiger partial charge in [-0.05, 0) is 36.2 Å². The molecule has 0 aromatic heterocycles. The van der Waals surface area contributed by atoms with Gasteiger partial charge in [0.1, 0.15) is 0 Å². The highest BCUT2D eigenvalue weighted by atomic mass is 35.5. The number of amides is 2. The summed E-state index contributed by atoms with van der Waals surface area (Å²) in [5, 5.41) is 0.593.